The molecule has 2 N–H and O–H groups in total. The molecule has 23 heavy (non-hydrogen) atoms. The minimum Gasteiger partial charge on any atom is -0.497 e. The summed E-state index contributed by atoms with van der Waals surface area (Å²) in [5, 5.41) is 12.0. The molecule has 0 aromatic heterocycles. The fraction of sp³-hybridized carbons (Fsp3) is 0.529. The first-order valence-corrected chi connectivity index (χ1v) is 7.96. The number of aliphatic hydroxyl groups is 1. The van der Waals surface area contributed by atoms with Crippen molar-refractivity contribution in [3.8, 4) is 5.75 Å². The maximum atomic E-state index is 13.1. The summed E-state index contributed by atoms with van der Waals surface area (Å²) in [6.07, 6.45) is 1.86. The normalized spacial score (nSPS) is 22.4. The van der Waals surface area contributed by atoms with Crippen molar-refractivity contribution in [1.82, 2.24) is 10.2 Å². The number of ether oxygens (including phenoxy) is 1. The Bertz CT molecular complexity index is 595. The lowest BCUT2D eigenvalue weighted by atomic mass is 9.92. The molecule has 2 amide bonds. The monoisotopic (exact) mass is 318 g/mol. The van der Waals surface area contributed by atoms with Crippen LogP contribution in [0.15, 0.2) is 24.3 Å². The van der Waals surface area contributed by atoms with Gasteiger partial charge in [0, 0.05) is 19.7 Å². The van der Waals surface area contributed by atoms with Crippen molar-refractivity contribution >= 4 is 11.8 Å². The Balaban J connectivity index is 1.84. The molecule has 1 aliphatic carbocycles. The van der Waals surface area contributed by atoms with Crippen LogP contribution in [0.4, 0.5) is 0 Å². The molecule has 6 nitrogen and oxygen atoms in total. The Hall–Kier alpha value is -2.08. The van der Waals surface area contributed by atoms with Crippen molar-refractivity contribution in [2.24, 2.45) is 0 Å². The van der Waals surface area contributed by atoms with Gasteiger partial charge in [-0.1, -0.05) is 12.1 Å². The van der Waals surface area contributed by atoms with Crippen LogP contribution in [0.3, 0.4) is 0 Å². The zero-order valence-electron chi connectivity index (χ0n) is 13.2. The highest BCUT2D eigenvalue weighted by Gasteiger charge is 2.54. The number of amides is 2. The van der Waals surface area contributed by atoms with Gasteiger partial charge in [0.15, 0.2) is 0 Å². The van der Waals surface area contributed by atoms with E-state index < -0.39 is 11.5 Å². The summed E-state index contributed by atoms with van der Waals surface area (Å²) in [6.45, 7) is 0.843. The van der Waals surface area contributed by atoms with Gasteiger partial charge in [-0.05, 0) is 37.0 Å². The van der Waals surface area contributed by atoms with E-state index in [-0.39, 0.29) is 24.8 Å². The number of rotatable bonds is 5. The molecule has 124 valence electrons. The van der Waals surface area contributed by atoms with Gasteiger partial charge in [0.2, 0.25) is 11.8 Å². The molecule has 2 aliphatic rings. The fourth-order valence-electron chi connectivity index (χ4n) is 3.30. The third kappa shape index (κ3) is 2.79. The zero-order valence-corrected chi connectivity index (χ0v) is 13.2. The summed E-state index contributed by atoms with van der Waals surface area (Å²) in [5.41, 5.74) is 0.453. The quantitative estimate of drug-likeness (QED) is 0.825. The number of carbonyl (C=O) groups excluding carboxylic acids is 2. The molecule has 1 atom stereocenters. The molecule has 2 fully saturated rings. The van der Waals surface area contributed by atoms with Gasteiger partial charge in [0.25, 0.3) is 0 Å². The van der Waals surface area contributed by atoms with Crippen LogP contribution in [-0.4, -0.2) is 54.7 Å². The predicted octanol–water partition coefficient (Wildman–Crippen LogP) is 0.436. The second kappa shape index (κ2) is 6.20. The maximum absolute atomic E-state index is 13.1. The van der Waals surface area contributed by atoms with Gasteiger partial charge in [0.05, 0.1) is 12.5 Å². The Morgan fingerprint density at radius 3 is 2.65 bits per heavy atom. The molecule has 0 radical (unpaired) electrons. The van der Waals surface area contributed by atoms with Crippen molar-refractivity contribution < 1.29 is 19.4 Å². The van der Waals surface area contributed by atoms with E-state index in [1.165, 1.54) is 0 Å². The number of benzene rings is 1. The molecule has 1 aromatic rings. The summed E-state index contributed by atoms with van der Waals surface area (Å²) in [4.78, 5) is 26.8. The zero-order chi connectivity index (χ0) is 16.4. The molecule has 1 saturated carbocycles. The second-order valence-corrected chi connectivity index (χ2v) is 6.13. The van der Waals surface area contributed by atoms with Crippen LogP contribution in [0.2, 0.25) is 0 Å². The predicted molar refractivity (Wildman–Crippen MR) is 84.1 cm³/mol. The summed E-state index contributed by atoms with van der Waals surface area (Å²) >= 11 is 0. The second-order valence-electron chi connectivity index (χ2n) is 6.13. The van der Waals surface area contributed by atoms with E-state index >= 15 is 0 Å². The summed E-state index contributed by atoms with van der Waals surface area (Å²) < 4.78 is 5.17. The Morgan fingerprint density at radius 1 is 1.39 bits per heavy atom. The number of nitrogens with one attached hydrogen (secondary N) is 1. The number of aliphatic hydroxyl groups excluding tert-OH is 1. The van der Waals surface area contributed by atoms with E-state index in [1.807, 2.05) is 24.3 Å². The number of hydrogen-bond donors (Lipinski definition) is 2. The molecule has 6 heteroatoms. The number of piperazine rings is 1. The van der Waals surface area contributed by atoms with Crippen LogP contribution in [0.1, 0.15) is 24.8 Å². The summed E-state index contributed by atoms with van der Waals surface area (Å²) in [5.74, 6) is 0.577. The highest BCUT2D eigenvalue weighted by atomic mass is 16.5. The van der Waals surface area contributed by atoms with Gasteiger partial charge in [-0.25, -0.2) is 0 Å². The van der Waals surface area contributed by atoms with E-state index in [0.717, 1.165) is 24.2 Å². The van der Waals surface area contributed by atoms with Crippen LogP contribution >= 0.6 is 0 Å². The molecule has 1 saturated heterocycles. The first kappa shape index (κ1) is 15.8. The van der Waals surface area contributed by atoms with Crippen molar-refractivity contribution in [2.45, 2.75) is 30.7 Å². The van der Waals surface area contributed by atoms with Crippen molar-refractivity contribution in [1.29, 1.82) is 0 Å². The van der Waals surface area contributed by atoms with Gasteiger partial charge in [-0.2, -0.15) is 0 Å². The first-order chi connectivity index (χ1) is 11.1. The molecular formula is C17H22N2O4. The average Bonchev–Trinajstić information content (AvgIpc) is 3.38. The molecule has 3 rings (SSSR count). The molecule has 1 heterocycles. The third-order valence-electron chi connectivity index (χ3n) is 4.80. The molecular weight excluding hydrogens is 296 g/mol. The van der Waals surface area contributed by atoms with E-state index in [4.69, 9.17) is 4.74 Å². The van der Waals surface area contributed by atoms with Crippen molar-refractivity contribution in [2.75, 3.05) is 26.8 Å². The van der Waals surface area contributed by atoms with Crippen LogP contribution in [0.5, 0.6) is 5.75 Å². The topological polar surface area (TPSA) is 78.9 Å². The van der Waals surface area contributed by atoms with Gasteiger partial charge >= 0.3 is 0 Å². The SMILES string of the molecule is COc1ccc(C2(C(=O)N3CCNC(=O)[C@H]3CCO)CC2)cc1. The lowest BCUT2D eigenvalue weighted by molar-refractivity contribution is -0.145. The van der Waals surface area contributed by atoms with Gasteiger partial charge < -0.3 is 20.1 Å². The van der Waals surface area contributed by atoms with Crippen LogP contribution in [0.25, 0.3) is 0 Å². The van der Waals surface area contributed by atoms with E-state index in [1.54, 1.807) is 12.0 Å². The minimum absolute atomic E-state index is 0.00373. The Labute approximate surface area is 135 Å². The largest absolute Gasteiger partial charge is 0.497 e. The van der Waals surface area contributed by atoms with Crippen LogP contribution < -0.4 is 10.1 Å². The molecule has 0 spiro atoms. The summed E-state index contributed by atoms with van der Waals surface area (Å²) in [6, 6.07) is 6.99. The Morgan fingerprint density at radius 2 is 2.09 bits per heavy atom. The maximum Gasteiger partial charge on any atom is 0.242 e. The number of hydrogen-bond acceptors (Lipinski definition) is 4. The highest BCUT2D eigenvalue weighted by molar-refractivity contribution is 5.96. The smallest absolute Gasteiger partial charge is 0.242 e. The lowest BCUT2D eigenvalue weighted by Crippen LogP contribution is -2.59. The van der Waals surface area contributed by atoms with Crippen LogP contribution in [-0.2, 0) is 15.0 Å². The van der Waals surface area contributed by atoms with E-state index in [9.17, 15) is 14.7 Å². The van der Waals surface area contributed by atoms with E-state index in [0.29, 0.717) is 13.1 Å². The third-order valence-corrected chi connectivity index (χ3v) is 4.80. The van der Waals surface area contributed by atoms with Crippen molar-refractivity contribution in [3.05, 3.63) is 29.8 Å². The van der Waals surface area contributed by atoms with Crippen LogP contribution in [0, 0.1) is 0 Å². The average molecular weight is 318 g/mol. The summed E-state index contributed by atoms with van der Waals surface area (Å²) in [7, 11) is 1.61. The molecule has 1 aliphatic heterocycles. The van der Waals surface area contributed by atoms with Gasteiger partial charge in [-0.15, -0.1) is 0 Å². The molecule has 0 unspecified atom stereocenters. The molecule has 1 aromatic carbocycles. The lowest BCUT2D eigenvalue weighted by Gasteiger charge is -2.37. The number of methoxy groups -OCH3 is 1. The number of nitrogens with zero attached hydrogens (tertiary/aromatic N) is 1. The first-order valence-electron chi connectivity index (χ1n) is 7.96. The minimum atomic E-state index is -0.572. The number of carbonyl (C=O) groups is 2. The van der Waals surface area contributed by atoms with Gasteiger partial charge in [0.1, 0.15) is 11.8 Å². The van der Waals surface area contributed by atoms with E-state index in [2.05, 4.69) is 5.32 Å². The van der Waals surface area contributed by atoms with Crippen molar-refractivity contribution in [3.63, 3.8) is 0 Å². The van der Waals surface area contributed by atoms with Gasteiger partial charge in [-0.3, -0.25) is 9.59 Å². The highest BCUT2D eigenvalue weighted by Crippen LogP contribution is 2.50. The Kier molecular flexibility index (Phi) is 4.26. The molecule has 0 bridgehead atoms. The fourth-order valence-corrected chi connectivity index (χ4v) is 3.30. The standard InChI is InChI=1S/C17H22N2O4/c1-23-13-4-2-12(3-5-13)17(7-8-17)16(22)19-10-9-18-15(21)14(19)6-11-20/h2-5,14,20H,6-11H2,1H3,(H,18,21)/t14-/m1/s1.